The third-order valence-electron chi connectivity index (χ3n) is 14.4. The summed E-state index contributed by atoms with van der Waals surface area (Å²) < 4.78 is 15.9. The molecule has 0 atom stereocenters. The molecule has 0 spiro atoms. The third-order valence-corrected chi connectivity index (χ3v) is 14.4. The summed E-state index contributed by atoms with van der Waals surface area (Å²) in [6.45, 7) is 0. The van der Waals surface area contributed by atoms with Crippen LogP contribution in [0.4, 0.5) is 0 Å². The Morgan fingerprint density at radius 2 is 0.623 bits per heavy atom. The highest BCUT2D eigenvalue weighted by molar-refractivity contribution is 6.31. The van der Waals surface area contributed by atoms with E-state index in [1.54, 1.807) is 0 Å². The average Bonchev–Trinajstić information content (AvgIpc) is 4.21. The van der Waals surface area contributed by atoms with Gasteiger partial charge in [-0.2, -0.15) is 10.5 Å². The summed E-state index contributed by atoms with van der Waals surface area (Å²) in [5, 5.41) is 33.7. The molecule has 15 rings (SSSR count). The first-order valence-electron chi connectivity index (χ1n) is 23.1. The lowest BCUT2D eigenvalue weighted by Crippen LogP contribution is -2.09. The molecule has 5 aromatic heterocycles. The molecular formula is C62H34N6O. The molecule has 0 aliphatic rings. The summed E-state index contributed by atoms with van der Waals surface area (Å²) >= 11 is 0. The van der Waals surface area contributed by atoms with Gasteiger partial charge < -0.3 is 22.7 Å². The minimum Gasteiger partial charge on any atom is -0.455 e. The first-order valence-corrected chi connectivity index (χ1v) is 23.1. The minimum absolute atomic E-state index is 0.345. The van der Waals surface area contributed by atoms with Gasteiger partial charge in [-0.15, -0.1) is 0 Å². The maximum atomic E-state index is 11.9. The average molecular weight is 879 g/mol. The number of nitriles is 2. The Bertz CT molecular complexity index is 4800. The lowest BCUT2D eigenvalue weighted by atomic mass is 9.98. The molecule has 0 amide bonds. The summed E-state index contributed by atoms with van der Waals surface area (Å²) in [7, 11) is 0. The zero-order valence-corrected chi connectivity index (χ0v) is 36.7. The number of rotatable bonds is 4. The lowest BCUT2D eigenvalue weighted by molar-refractivity contribution is 0.667. The van der Waals surface area contributed by atoms with Crippen molar-refractivity contribution in [1.29, 1.82) is 10.5 Å². The normalized spacial score (nSPS) is 12.0. The summed E-state index contributed by atoms with van der Waals surface area (Å²) in [6, 6.07) is 77.1. The molecule has 0 aliphatic carbocycles. The summed E-state index contributed by atoms with van der Waals surface area (Å²) in [4.78, 5) is 0. The Morgan fingerprint density at radius 1 is 0.290 bits per heavy atom. The summed E-state index contributed by atoms with van der Waals surface area (Å²) in [5.74, 6) is 0. The van der Waals surface area contributed by atoms with Gasteiger partial charge in [0.15, 0.2) is 5.58 Å². The first-order chi connectivity index (χ1) is 34.2. The van der Waals surface area contributed by atoms with Crippen LogP contribution in [0.25, 0.3) is 132 Å². The van der Waals surface area contributed by atoms with Gasteiger partial charge in [0.05, 0.1) is 61.1 Å². The Balaban J connectivity index is 1.17. The molecule has 5 heterocycles. The topological polar surface area (TPSA) is 80.4 Å². The van der Waals surface area contributed by atoms with Gasteiger partial charge in [-0.25, -0.2) is 0 Å². The number of fused-ring (bicyclic) bond motifs is 17. The van der Waals surface area contributed by atoms with E-state index in [1.807, 2.05) is 36.4 Å². The standard InChI is InChI=1S/C62H34N6O/c63-35-44-55-43-25-11-16-30-54(43)69-62(55)45(36-64)61(68-49-29-15-10-24-42(49)59-53(68)34-32-51-57(59)40-22-8-13-27-47(40)66(51)38-19-5-2-6-20-38)60(44)67-48-28-14-9-23-41(48)58-52(67)33-31-50-56(58)39-21-7-12-26-46(39)65(50)37-17-3-1-4-18-37/h1-34H. The van der Waals surface area contributed by atoms with Gasteiger partial charge in [-0.05, 0) is 78.9 Å². The Morgan fingerprint density at radius 3 is 1.04 bits per heavy atom. The van der Waals surface area contributed by atoms with Gasteiger partial charge in [-0.1, -0.05) is 127 Å². The van der Waals surface area contributed by atoms with E-state index in [1.165, 1.54) is 0 Å². The minimum atomic E-state index is 0.345. The molecule has 7 nitrogen and oxygen atoms in total. The van der Waals surface area contributed by atoms with Crippen molar-refractivity contribution >= 4 is 109 Å². The molecule has 10 aromatic carbocycles. The van der Waals surface area contributed by atoms with Gasteiger partial charge in [0.25, 0.3) is 0 Å². The molecule has 0 fully saturated rings. The number of hydrogen-bond donors (Lipinski definition) is 0. The maximum absolute atomic E-state index is 11.9. The van der Waals surface area contributed by atoms with Crippen LogP contribution in [-0.2, 0) is 0 Å². The number of benzene rings is 10. The van der Waals surface area contributed by atoms with Crippen molar-refractivity contribution in [2.75, 3.05) is 0 Å². The Kier molecular flexibility index (Phi) is 7.51. The summed E-state index contributed by atoms with van der Waals surface area (Å²) in [5.41, 5.74) is 13.1. The SMILES string of the molecule is N#Cc1c(-n2c3ccccc3c3c4c5ccccc5n(-c5ccccc5)c4ccc32)c(-n2c3ccccc3c3c4c5ccccc5n(-c5ccccc5)c4ccc32)c(C#N)c2c1oc1ccccc12. The Hall–Kier alpha value is -9.82. The molecule has 69 heavy (non-hydrogen) atoms. The molecule has 0 saturated heterocycles. The number of hydrogen-bond acceptors (Lipinski definition) is 3. The number of furan rings is 1. The van der Waals surface area contributed by atoms with Crippen molar-refractivity contribution in [3.8, 4) is 34.9 Å². The number of para-hydroxylation sites is 7. The van der Waals surface area contributed by atoms with Crippen molar-refractivity contribution in [3.05, 3.63) is 217 Å². The van der Waals surface area contributed by atoms with Crippen LogP contribution in [0.2, 0.25) is 0 Å². The van der Waals surface area contributed by atoms with Crippen molar-refractivity contribution in [2.45, 2.75) is 0 Å². The van der Waals surface area contributed by atoms with Crippen LogP contribution < -0.4 is 0 Å². The van der Waals surface area contributed by atoms with Crippen molar-refractivity contribution in [2.24, 2.45) is 0 Å². The largest absolute Gasteiger partial charge is 0.455 e. The Labute approximate surface area is 392 Å². The fourth-order valence-corrected chi connectivity index (χ4v) is 11.8. The molecule has 0 saturated carbocycles. The molecule has 0 radical (unpaired) electrons. The second-order valence-electron chi connectivity index (χ2n) is 17.8. The van der Waals surface area contributed by atoms with Crippen LogP contribution in [0.5, 0.6) is 0 Å². The molecule has 0 aliphatic heterocycles. The molecule has 0 unspecified atom stereocenters. The van der Waals surface area contributed by atoms with E-state index in [9.17, 15) is 10.5 Å². The smallest absolute Gasteiger partial charge is 0.156 e. The predicted molar refractivity (Wildman–Crippen MR) is 281 cm³/mol. The lowest BCUT2D eigenvalue weighted by Gasteiger charge is -2.20. The van der Waals surface area contributed by atoms with Crippen molar-refractivity contribution in [1.82, 2.24) is 18.3 Å². The zero-order chi connectivity index (χ0) is 45.5. The van der Waals surface area contributed by atoms with Crippen molar-refractivity contribution < 1.29 is 4.42 Å². The van der Waals surface area contributed by atoms with Crippen LogP contribution in [0.1, 0.15) is 11.1 Å². The van der Waals surface area contributed by atoms with E-state index >= 15 is 0 Å². The quantitative estimate of drug-likeness (QED) is 0.177. The molecule has 15 aromatic rings. The van der Waals surface area contributed by atoms with Crippen LogP contribution in [-0.4, -0.2) is 18.3 Å². The zero-order valence-electron chi connectivity index (χ0n) is 36.7. The fourth-order valence-electron chi connectivity index (χ4n) is 11.8. The highest BCUT2D eigenvalue weighted by Crippen LogP contribution is 2.49. The molecule has 318 valence electrons. The van der Waals surface area contributed by atoms with Crippen LogP contribution in [0.3, 0.4) is 0 Å². The van der Waals surface area contributed by atoms with E-state index in [0.29, 0.717) is 39.1 Å². The van der Waals surface area contributed by atoms with Crippen molar-refractivity contribution in [3.63, 3.8) is 0 Å². The van der Waals surface area contributed by atoms with E-state index in [4.69, 9.17) is 4.42 Å². The van der Waals surface area contributed by atoms with Gasteiger partial charge in [0.2, 0.25) is 0 Å². The highest BCUT2D eigenvalue weighted by Gasteiger charge is 2.32. The monoisotopic (exact) mass is 878 g/mol. The van der Waals surface area contributed by atoms with Crippen LogP contribution >= 0.6 is 0 Å². The molecule has 7 heteroatoms. The van der Waals surface area contributed by atoms with Gasteiger partial charge in [0.1, 0.15) is 23.3 Å². The maximum Gasteiger partial charge on any atom is 0.156 e. The van der Waals surface area contributed by atoms with E-state index in [0.717, 1.165) is 104 Å². The number of aromatic nitrogens is 4. The second-order valence-corrected chi connectivity index (χ2v) is 17.8. The van der Waals surface area contributed by atoms with Crippen LogP contribution in [0, 0.1) is 22.7 Å². The predicted octanol–water partition coefficient (Wildman–Crippen LogP) is 15.7. The number of nitrogens with zero attached hydrogens (tertiary/aromatic N) is 6. The highest BCUT2D eigenvalue weighted by atomic mass is 16.3. The first kappa shape index (κ1) is 37.4. The third kappa shape index (κ3) is 4.82. The molecule has 0 N–H and O–H groups in total. The molecular weight excluding hydrogens is 845 g/mol. The second kappa shape index (κ2) is 13.9. The van der Waals surface area contributed by atoms with Gasteiger partial charge in [-0.3, -0.25) is 0 Å². The van der Waals surface area contributed by atoms with Crippen LogP contribution in [0.15, 0.2) is 211 Å². The summed E-state index contributed by atoms with van der Waals surface area (Å²) in [6.07, 6.45) is 0. The van der Waals surface area contributed by atoms with Gasteiger partial charge >= 0.3 is 0 Å². The fraction of sp³-hybridized carbons (Fsp3) is 0. The van der Waals surface area contributed by atoms with E-state index in [-0.39, 0.29) is 0 Å². The van der Waals surface area contributed by atoms with E-state index in [2.05, 4.69) is 200 Å². The molecule has 0 bridgehead atoms. The van der Waals surface area contributed by atoms with Gasteiger partial charge in [0, 0.05) is 65.2 Å². The van der Waals surface area contributed by atoms with E-state index < -0.39 is 0 Å².